The molecule has 1 aromatic carbocycles. The number of carbonyl (C=O) groups excluding carboxylic acids is 1. The number of nitrogens with one attached hydrogen (secondary N) is 2. The zero-order valence-corrected chi connectivity index (χ0v) is 12.6. The first-order valence-corrected chi connectivity index (χ1v) is 7.65. The van der Waals surface area contributed by atoms with Crippen molar-refractivity contribution < 1.29 is 22.7 Å². The molecular formula is C16H17F3N2O2. The second-order valence-corrected chi connectivity index (χ2v) is 6.81. The molecule has 0 spiro atoms. The molecule has 1 heterocycles. The Morgan fingerprint density at radius 1 is 1.26 bits per heavy atom. The summed E-state index contributed by atoms with van der Waals surface area (Å²) in [5, 5.41) is 5.94. The van der Waals surface area contributed by atoms with Gasteiger partial charge in [-0.05, 0) is 37.3 Å². The number of halogens is 3. The van der Waals surface area contributed by atoms with Gasteiger partial charge in [0.2, 0.25) is 5.91 Å². The molecule has 0 aromatic heterocycles. The van der Waals surface area contributed by atoms with Gasteiger partial charge in [-0.1, -0.05) is 0 Å². The fourth-order valence-corrected chi connectivity index (χ4v) is 4.22. The van der Waals surface area contributed by atoms with Crippen molar-refractivity contribution in [3.63, 3.8) is 0 Å². The van der Waals surface area contributed by atoms with Crippen LogP contribution in [0.15, 0.2) is 12.1 Å². The van der Waals surface area contributed by atoms with E-state index in [1.807, 2.05) is 0 Å². The second-order valence-electron chi connectivity index (χ2n) is 6.81. The maximum absolute atomic E-state index is 13.1. The highest BCUT2D eigenvalue weighted by Crippen LogP contribution is 2.66. The highest BCUT2D eigenvalue weighted by Gasteiger charge is 2.62. The van der Waals surface area contributed by atoms with Gasteiger partial charge in [-0.2, -0.15) is 13.2 Å². The number of alkyl halides is 3. The first-order valence-electron chi connectivity index (χ1n) is 7.65. The maximum Gasteiger partial charge on any atom is 0.419 e. The average Bonchev–Trinajstić information content (AvgIpc) is 2.54. The van der Waals surface area contributed by atoms with Gasteiger partial charge in [0.1, 0.15) is 11.8 Å². The van der Waals surface area contributed by atoms with E-state index in [1.165, 1.54) is 13.2 Å². The molecule has 4 aliphatic rings. The Morgan fingerprint density at radius 3 is 2.48 bits per heavy atom. The zero-order chi connectivity index (χ0) is 16.4. The number of hydrogen-bond donors (Lipinski definition) is 2. The van der Waals surface area contributed by atoms with E-state index < -0.39 is 11.7 Å². The van der Waals surface area contributed by atoms with Gasteiger partial charge in [-0.3, -0.25) is 4.79 Å². The topological polar surface area (TPSA) is 50.4 Å². The molecule has 2 N–H and O–H groups in total. The monoisotopic (exact) mass is 326 g/mol. The van der Waals surface area contributed by atoms with Crippen LogP contribution in [-0.4, -0.2) is 19.1 Å². The molecule has 1 aromatic rings. The van der Waals surface area contributed by atoms with Crippen molar-refractivity contribution in [3.05, 3.63) is 23.3 Å². The van der Waals surface area contributed by atoms with Crippen LogP contribution in [0.4, 0.5) is 18.9 Å². The number of ether oxygens (including phenoxy) is 1. The van der Waals surface area contributed by atoms with Crippen LogP contribution >= 0.6 is 0 Å². The Labute approximate surface area is 131 Å². The first-order chi connectivity index (χ1) is 10.8. The van der Waals surface area contributed by atoms with Gasteiger partial charge < -0.3 is 15.4 Å². The summed E-state index contributed by atoms with van der Waals surface area (Å²) >= 11 is 0. The van der Waals surface area contributed by atoms with E-state index in [2.05, 4.69) is 10.6 Å². The van der Waals surface area contributed by atoms with Crippen molar-refractivity contribution in [3.8, 4) is 5.75 Å². The van der Waals surface area contributed by atoms with Gasteiger partial charge in [0.25, 0.3) is 0 Å². The van der Waals surface area contributed by atoms with Gasteiger partial charge in [0, 0.05) is 23.2 Å². The number of hydrogen-bond acceptors (Lipinski definition) is 3. The summed E-state index contributed by atoms with van der Waals surface area (Å²) < 4.78 is 44.4. The Bertz CT molecular complexity index is 670. The maximum atomic E-state index is 13.1. The molecule has 3 saturated carbocycles. The van der Waals surface area contributed by atoms with Crippen LogP contribution in [-0.2, 0) is 17.5 Å². The SMILES string of the molecule is COc1c(C(F)(F)F)ccc2c1CNC(=O)C(C13CC(C1)C3)N2. The molecule has 1 amide bonds. The van der Waals surface area contributed by atoms with Crippen LogP contribution < -0.4 is 15.4 Å². The number of anilines is 1. The molecule has 124 valence electrons. The molecular weight excluding hydrogens is 309 g/mol. The van der Waals surface area contributed by atoms with Gasteiger partial charge in [-0.25, -0.2) is 0 Å². The molecule has 1 unspecified atom stereocenters. The van der Waals surface area contributed by atoms with Crippen LogP contribution in [0.25, 0.3) is 0 Å². The third-order valence-electron chi connectivity index (χ3n) is 5.47. The largest absolute Gasteiger partial charge is 0.496 e. The zero-order valence-electron chi connectivity index (χ0n) is 12.6. The molecule has 1 atom stereocenters. The quantitative estimate of drug-likeness (QED) is 0.879. The van der Waals surface area contributed by atoms with Crippen molar-refractivity contribution in [2.24, 2.45) is 11.3 Å². The van der Waals surface area contributed by atoms with E-state index in [1.54, 1.807) is 0 Å². The molecule has 3 aliphatic carbocycles. The number of amides is 1. The predicted molar refractivity (Wildman–Crippen MR) is 77.0 cm³/mol. The third-order valence-corrected chi connectivity index (χ3v) is 5.47. The van der Waals surface area contributed by atoms with Crippen LogP contribution in [0.2, 0.25) is 0 Å². The Hall–Kier alpha value is -1.92. The summed E-state index contributed by atoms with van der Waals surface area (Å²) in [5.41, 5.74) is 0.0539. The molecule has 3 fully saturated rings. The van der Waals surface area contributed by atoms with Gasteiger partial charge in [-0.15, -0.1) is 0 Å². The van der Waals surface area contributed by atoms with Crippen molar-refractivity contribution in [2.75, 3.05) is 12.4 Å². The molecule has 1 aliphatic heterocycles. The smallest absolute Gasteiger partial charge is 0.419 e. The van der Waals surface area contributed by atoms with E-state index in [0.29, 0.717) is 11.3 Å². The minimum atomic E-state index is -4.50. The fraction of sp³-hybridized carbons (Fsp3) is 0.562. The highest BCUT2D eigenvalue weighted by molar-refractivity contribution is 5.88. The number of fused-ring (bicyclic) bond motifs is 1. The van der Waals surface area contributed by atoms with Gasteiger partial charge in [0.15, 0.2) is 0 Å². The van der Waals surface area contributed by atoms with Crippen molar-refractivity contribution >= 4 is 11.6 Å². The van der Waals surface area contributed by atoms with Crippen molar-refractivity contribution in [1.82, 2.24) is 5.32 Å². The van der Waals surface area contributed by atoms with Crippen molar-refractivity contribution in [2.45, 2.75) is 38.0 Å². The normalized spacial score (nSPS) is 31.7. The summed E-state index contributed by atoms with van der Waals surface area (Å²) in [5.74, 6) is 0.352. The lowest BCUT2D eigenvalue weighted by Gasteiger charge is -2.64. The standard InChI is InChI=1S/C16H17F3N2O2/c1-23-12-9-7-20-14(22)13(15-4-8(5-15)6-15)21-11(9)3-2-10(12)16(17,18)19/h2-3,8,13,21H,4-7H2,1H3,(H,20,22). The first kappa shape index (κ1) is 14.7. The van der Waals surface area contributed by atoms with E-state index >= 15 is 0 Å². The highest BCUT2D eigenvalue weighted by atomic mass is 19.4. The molecule has 4 nitrogen and oxygen atoms in total. The average molecular weight is 326 g/mol. The van der Waals surface area contributed by atoms with Gasteiger partial charge >= 0.3 is 6.18 Å². The lowest BCUT2D eigenvalue weighted by molar-refractivity contribution is -0.148. The lowest BCUT2D eigenvalue weighted by Crippen LogP contribution is -2.64. The third kappa shape index (κ3) is 2.01. The number of rotatable bonds is 2. The summed E-state index contributed by atoms with van der Waals surface area (Å²) in [6.07, 6.45) is -1.44. The second kappa shape index (κ2) is 4.55. The summed E-state index contributed by atoms with van der Waals surface area (Å²) in [7, 11) is 1.22. The summed E-state index contributed by atoms with van der Waals surface area (Å²) in [4.78, 5) is 12.4. The Kier molecular flexibility index (Phi) is 2.90. The number of carbonyl (C=O) groups is 1. The van der Waals surface area contributed by atoms with Crippen LogP contribution in [0, 0.1) is 11.3 Å². The molecule has 0 saturated heterocycles. The van der Waals surface area contributed by atoms with E-state index in [0.717, 1.165) is 31.2 Å². The van der Waals surface area contributed by atoms with E-state index in [4.69, 9.17) is 4.74 Å². The molecule has 2 bridgehead atoms. The minimum absolute atomic E-state index is 0.0215. The Morgan fingerprint density at radius 2 is 1.96 bits per heavy atom. The van der Waals surface area contributed by atoms with E-state index in [-0.39, 0.29) is 29.7 Å². The van der Waals surface area contributed by atoms with Crippen LogP contribution in [0.1, 0.15) is 30.4 Å². The molecule has 0 radical (unpaired) electrons. The lowest BCUT2D eigenvalue weighted by atomic mass is 9.41. The minimum Gasteiger partial charge on any atom is -0.496 e. The predicted octanol–water partition coefficient (Wildman–Crippen LogP) is 2.92. The molecule has 7 heteroatoms. The van der Waals surface area contributed by atoms with E-state index in [9.17, 15) is 18.0 Å². The number of methoxy groups -OCH3 is 1. The van der Waals surface area contributed by atoms with Crippen molar-refractivity contribution in [1.29, 1.82) is 0 Å². The summed E-state index contributed by atoms with van der Waals surface area (Å²) in [6, 6.07) is 2.04. The van der Waals surface area contributed by atoms with Gasteiger partial charge in [0.05, 0.1) is 12.7 Å². The van der Waals surface area contributed by atoms with Crippen LogP contribution in [0.3, 0.4) is 0 Å². The fourth-order valence-electron chi connectivity index (χ4n) is 4.22. The summed E-state index contributed by atoms with van der Waals surface area (Å²) in [6.45, 7) is 0.0320. The molecule has 5 rings (SSSR count). The van der Waals surface area contributed by atoms with Crippen LogP contribution in [0.5, 0.6) is 5.75 Å². The molecule has 23 heavy (non-hydrogen) atoms. The number of benzene rings is 1. The Balaban J connectivity index is 1.74.